The summed E-state index contributed by atoms with van der Waals surface area (Å²) < 4.78 is 15.9. The minimum atomic E-state index is -0.535. The van der Waals surface area contributed by atoms with E-state index in [-0.39, 0.29) is 17.7 Å². The van der Waals surface area contributed by atoms with Crippen LogP contribution in [0.3, 0.4) is 0 Å². The van der Waals surface area contributed by atoms with Gasteiger partial charge in [-0.25, -0.2) is 0 Å². The van der Waals surface area contributed by atoms with E-state index in [1.165, 1.54) is 0 Å². The highest BCUT2D eigenvalue weighted by molar-refractivity contribution is 5.76. The molecule has 1 N–H and O–H groups in total. The Morgan fingerprint density at radius 3 is 1.51 bits per heavy atom. The second-order valence-corrected chi connectivity index (χ2v) is 10.6. The number of aromatic hydroxyl groups is 1. The number of hydrogen-bond acceptors (Lipinski definition) is 6. The fourth-order valence-corrected chi connectivity index (χ4v) is 3.88. The van der Waals surface area contributed by atoms with Crippen LogP contribution in [0.15, 0.2) is 78.9 Å². The van der Waals surface area contributed by atoms with E-state index in [0.29, 0.717) is 32.7 Å². The average Bonchev–Trinajstić information content (AvgIpc) is 2.90. The van der Waals surface area contributed by atoms with Crippen molar-refractivity contribution >= 4 is 11.9 Å². The van der Waals surface area contributed by atoms with E-state index in [0.717, 1.165) is 22.4 Å². The van der Waals surface area contributed by atoms with E-state index < -0.39 is 10.8 Å². The van der Waals surface area contributed by atoms with Gasteiger partial charge in [0.05, 0.1) is 24.0 Å². The molecule has 0 saturated heterocycles. The minimum absolute atomic E-state index is 0.163. The summed E-state index contributed by atoms with van der Waals surface area (Å²) >= 11 is 0. The molecule has 0 unspecified atom stereocenters. The summed E-state index contributed by atoms with van der Waals surface area (Å²) in [6.45, 7) is 12.5. The van der Waals surface area contributed by atoms with E-state index in [4.69, 9.17) is 19.3 Å². The van der Waals surface area contributed by atoms with Crippen molar-refractivity contribution in [2.24, 2.45) is 10.8 Å². The van der Waals surface area contributed by atoms with Crippen LogP contribution in [0, 0.1) is 10.8 Å². The van der Waals surface area contributed by atoms with Crippen molar-refractivity contribution < 1.29 is 28.9 Å². The molecule has 0 aliphatic carbocycles. The summed E-state index contributed by atoms with van der Waals surface area (Å²) in [5.74, 6) is 0.705. The molecule has 3 aromatic carbocycles. The van der Waals surface area contributed by atoms with E-state index in [1.54, 1.807) is 19.1 Å². The summed E-state index contributed by atoms with van der Waals surface area (Å²) in [5, 5.41) is 9.16. The molecule has 0 radical (unpaired) electrons. The van der Waals surface area contributed by atoms with Crippen LogP contribution in [0.25, 0.3) is 0 Å². The molecule has 0 heterocycles. The number of benzene rings is 3. The molecule has 0 amide bonds. The largest absolute Gasteiger partial charge is 0.508 e. The summed E-state index contributed by atoms with van der Waals surface area (Å²) in [4.78, 5) is 23.6. The zero-order chi connectivity index (χ0) is 28.9. The first-order chi connectivity index (χ1) is 18.5. The average molecular weight is 535 g/mol. The molecule has 0 aliphatic heterocycles. The van der Waals surface area contributed by atoms with E-state index >= 15 is 0 Å². The molecule has 0 saturated carbocycles. The number of hydrogen-bond donors (Lipinski definition) is 1. The third-order valence-corrected chi connectivity index (χ3v) is 6.06. The molecule has 3 aromatic rings. The van der Waals surface area contributed by atoms with Crippen molar-refractivity contribution in [2.45, 2.75) is 61.0 Å². The van der Waals surface area contributed by atoms with Crippen LogP contribution in [0.4, 0.5) is 0 Å². The van der Waals surface area contributed by atoms with Crippen LogP contribution in [0.2, 0.25) is 0 Å². The van der Waals surface area contributed by atoms with Crippen molar-refractivity contribution in [1.29, 1.82) is 0 Å². The molecule has 0 spiro atoms. The van der Waals surface area contributed by atoms with Gasteiger partial charge in [0.15, 0.2) is 0 Å². The van der Waals surface area contributed by atoms with Crippen LogP contribution in [-0.2, 0) is 38.5 Å². The Labute approximate surface area is 232 Å². The molecular weight excluding hydrogens is 492 g/mol. The molecule has 0 atom stereocenters. The number of esters is 2. The molecule has 0 aromatic heterocycles. The fourth-order valence-electron chi connectivity index (χ4n) is 3.88. The Balaban J connectivity index is 0.000000293. The first-order valence-electron chi connectivity index (χ1n) is 13.3. The lowest BCUT2D eigenvalue weighted by Crippen LogP contribution is -2.28. The number of rotatable bonds is 11. The number of phenolic OH excluding ortho intramolecular Hbond substituents is 1. The van der Waals surface area contributed by atoms with Gasteiger partial charge in [-0.2, -0.15) is 0 Å². The lowest BCUT2D eigenvalue weighted by molar-refractivity contribution is -0.154. The maximum absolute atomic E-state index is 11.9. The number of carbonyl (C=O) groups is 2. The van der Waals surface area contributed by atoms with Gasteiger partial charge < -0.3 is 19.3 Å². The van der Waals surface area contributed by atoms with E-state index in [1.807, 2.05) is 101 Å². The van der Waals surface area contributed by atoms with Gasteiger partial charge in [-0.05, 0) is 95.3 Å². The summed E-state index contributed by atoms with van der Waals surface area (Å²) in [6, 6.07) is 24.8. The van der Waals surface area contributed by atoms with Gasteiger partial charge in [-0.3, -0.25) is 9.59 Å². The highest BCUT2D eigenvalue weighted by Crippen LogP contribution is 2.26. The maximum atomic E-state index is 11.9. The summed E-state index contributed by atoms with van der Waals surface area (Å²) in [6.07, 6.45) is 1.25. The quantitative estimate of drug-likeness (QED) is 0.269. The Kier molecular flexibility index (Phi) is 12.1. The van der Waals surface area contributed by atoms with E-state index in [2.05, 4.69) is 0 Å². The molecule has 6 nitrogen and oxygen atoms in total. The van der Waals surface area contributed by atoms with Crippen LogP contribution >= 0.6 is 0 Å². The zero-order valence-electron chi connectivity index (χ0n) is 24.0. The minimum Gasteiger partial charge on any atom is -0.508 e. The standard InChI is InChI=1S/C20H24O3.C13H18O3/c1-4-22-19(21)20(2,3)14-16-10-12-18(13-11-16)23-15-17-8-6-5-7-9-17;1-4-16-12(15)13(2,3)9-10-5-7-11(14)8-6-10/h5-13H,4,14-15H2,1-3H3;5-8,14H,4,9H2,1-3H3. The normalized spacial score (nSPS) is 11.1. The Hall–Kier alpha value is -3.80. The predicted molar refractivity (Wildman–Crippen MR) is 154 cm³/mol. The molecule has 39 heavy (non-hydrogen) atoms. The molecule has 0 fully saturated rings. The lowest BCUT2D eigenvalue weighted by atomic mass is 9.86. The molecule has 3 rings (SSSR count). The van der Waals surface area contributed by atoms with Crippen LogP contribution < -0.4 is 4.74 Å². The SMILES string of the molecule is CCOC(=O)C(C)(C)Cc1ccc(O)cc1.CCOC(=O)C(C)(C)Cc1ccc(OCc2ccccc2)cc1. The third kappa shape index (κ3) is 10.8. The second kappa shape index (κ2) is 15.0. The van der Waals surface area contributed by atoms with Gasteiger partial charge in [-0.1, -0.05) is 54.6 Å². The van der Waals surface area contributed by atoms with Crippen LogP contribution in [0.5, 0.6) is 11.5 Å². The van der Waals surface area contributed by atoms with Crippen molar-refractivity contribution in [2.75, 3.05) is 13.2 Å². The van der Waals surface area contributed by atoms with Crippen LogP contribution in [-0.4, -0.2) is 30.3 Å². The number of carbonyl (C=O) groups excluding carboxylic acids is 2. The Morgan fingerprint density at radius 2 is 1.08 bits per heavy atom. The molecule has 0 bridgehead atoms. The summed E-state index contributed by atoms with van der Waals surface area (Å²) in [5.41, 5.74) is 2.18. The van der Waals surface area contributed by atoms with Crippen molar-refractivity contribution in [3.63, 3.8) is 0 Å². The van der Waals surface area contributed by atoms with Gasteiger partial charge in [0.25, 0.3) is 0 Å². The fraction of sp³-hybridized carbons (Fsp3) is 0.394. The van der Waals surface area contributed by atoms with Gasteiger partial charge in [0.1, 0.15) is 18.1 Å². The zero-order valence-corrected chi connectivity index (χ0v) is 24.0. The van der Waals surface area contributed by atoms with Gasteiger partial charge in [-0.15, -0.1) is 0 Å². The number of phenols is 1. The maximum Gasteiger partial charge on any atom is 0.311 e. The van der Waals surface area contributed by atoms with Gasteiger partial charge in [0.2, 0.25) is 0 Å². The highest BCUT2D eigenvalue weighted by atomic mass is 16.5. The lowest BCUT2D eigenvalue weighted by Gasteiger charge is -2.22. The van der Waals surface area contributed by atoms with E-state index in [9.17, 15) is 9.59 Å². The first kappa shape index (κ1) is 31.4. The Bertz CT molecular complexity index is 1150. The topological polar surface area (TPSA) is 82.1 Å². The van der Waals surface area contributed by atoms with Crippen molar-refractivity contribution in [3.8, 4) is 11.5 Å². The Morgan fingerprint density at radius 1 is 0.641 bits per heavy atom. The highest BCUT2D eigenvalue weighted by Gasteiger charge is 2.30. The first-order valence-corrected chi connectivity index (χ1v) is 13.3. The number of ether oxygens (including phenoxy) is 3. The molecular formula is C33H42O6. The molecule has 0 aliphatic rings. The summed E-state index contributed by atoms with van der Waals surface area (Å²) in [7, 11) is 0. The molecule has 6 heteroatoms. The second-order valence-electron chi connectivity index (χ2n) is 10.6. The monoisotopic (exact) mass is 534 g/mol. The van der Waals surface area contributed by atoms with Gasteiger partial charge >= 0.3 is 11.9 Å². The van der Waals surface area contributed by atoms with Gasteiger partial charge in [0, 0.05) is 0 Å². The van der Waals surface area contributed by atoms with Crippen molar-refractivity contribution in [1.82, 2.24) is 0 Å². The smallest absolute Gasteiger partial charge is 0.311 e. The predicted octanol–water partition coefficient (Wildman–Crippen LogP) is 6.92. The third-order valence-electron chi connectivity index (χ3n) is 6.06. The molecule has 210 valence electrons. The van der Waals surface area contributed by atoms with Crippen LogP contribution in [0.1, 0.15) is 58.2 Å². The van der Waals surface area contributed by atoms with Crippen molar-refractivity contribution in [3.05, 3.63) is 95.6 Å².